The molecule has 2 aromatic carbocycles. The maximum Gasteiger partial charge on any atom is 0.364 e. The SMILES string of the molecule is Cc1ccc(C[N+]2(C(=O)c3ccc(Cl)cc3)C=C(CCCl)Oc3ncccc3C2=O)cc1. The van der Waals surface area contributed by atoms with E-state index in [9.17, 15) is 9.59 Å². The van der Waals surface area contributed by atoms with E-state index in [4.69, 9.17) is 27.9 Å². The molecule has 5 nitrogen and oxygen atoms in total. The zero-order valence-corrected chi connectivity index (χ0v) is 18.9. The van der Waals surface area contributed by atoms with Crippen molar-refractivity contribution in [3.63, 3.8) is 0 Å². The van der Waals surface area contributed by atoms with E-state index in [2.05, 4.69) is 4.98 Å². The Hall–Kier alpha value is -2.99. The molecular formula is C25H21Cl2N2O3+. The highest BCUT2D eigenvalue weighted by molar-refractivity contribution is 6.30. The quantitative estimate of drug-likeness (QED) is 0.266. The van der Waals surface area contributed by atoms with E-state index in [-0.39, 0.29) is 29.8 Å². The van der Waals surface area contributed by atoms with Gasteiger partial charge in [-0.3, -0.25) is 0 Å². The van der Waals surface area contributed by atoms with Crippen LogP contribution in [0.1, 0.15) is 38.3 Å². The van der Waals surface area contributed by atoms with Crippen LogP contribution in [0.3, 0.4) is 0 Å². The van der Waals surface area contributed by atoms with Crippen LogP contribution in [0, 0.1) is 6.92 Å². The Bertz CT molecular complexity index is 1190. The zero-order valence-electron chi connectivity index (χ0n) is 17.4. The number of rotatable bonds is 5. The number of aryl methyl sites for hydroxylation is 1. The third-order valence-electron chi connectivity index (χ3n) is 5.30. The number of allylic oxidation sites excluding steroid dienone is 1. The number of alkyl halides is 1. The minimum atomic E-state index is -0.615. The molecule has 0 radical (unpaired) electrons. The second-order valence-corrected chi connectivity index (χ2v) is 8.44. The molecule has 1 atom stereocenters. The van der Waals surface area contributed by atoms with Gasteiger partial charge in [-0.1, -0.05) is 41.4 Å². The third kappa shape index (κ3) is 4.32. The van der Waals surface area contributed by atoms with Gasteiger partial charge in [0.1, 0.15) is 12.1 Å². The predicted molar refractivity (Wildman–Crippen MR) is 124 cm³/mol. The van der Waals surface area contributed by atoms with Gasteiger partial charge in [-0.15, -0.1) is 11.6 Å². The van der Waals surface area contributed by atoms with E-state index in [0.29, 0.717) is 22.8 Å². The molecule has 0 aliphatic carbocycles. The summed E-state index contributed by atoms with van der Waals surface area (Å²) in [6.07, 6.45) is 3.46. The number of benzene rings is 2. The summed E-state index contributed by atoms with van der Waals surface area (Å²) in [7, 11) is 0. The van der Waals surface area contributed by atoms with Crippen LogP contribution in [0.5, 0.6) is 5.88 Å². The number of hydrogen-bond donors (Lipinski definition) is 0. The minimum absolute atomic E-state index is 0.115. The number of nitrogens with zero attached hydrogens (tertiary/aromatic N) is 2. The van der Waals surface area contributed by atoms with Gasteiger partial charge in [-0.25, -0.2) is 14.6 Å². The lowest BCUT2D eigenvalue weighted by Crippen LogP contribution is -2.52. The van der Waals surface area contributed by atoms with Crippen LogP contribution >= 0.6 is 23.2 Å². The first-order valence-electron chi connectivity index (χ1n) is 10.1. The topological polar surface area (TPSA) is 56.3 Å². The molecule has 0 bridgehead atoms. The van der Waals surface area contributed by atoms with E-state index in [1.807, 2.05) is 31.2 Å². The van der Waals surface area contributed by atoms with Crippen molar-refractivity contribution < 1.29 is 18.8 Å². The number of quaternary nitrogens is 1. The highest BCUT2D eigenvalue weighted by Gasteiger charge is 2.48. The van der Waals surface area contributed by atoms with Crippen molar-refractivity contribution in [2.45, 2.75) is 19.9 Å². The average Bonchev–Trinajstić information content (AvgIpc) is 2.91. The molecule has 0 spiro atoms. The number of carbonyl (C=O) groups is 2. The number of hydrogen-bond acceptors (Lipinski definition) is 4. The van der Waals surface area contributed by atoms with Crippen LogP contribution in [0.25, 0.3) is 0 Å². The summed E-state index contributed by atoms with van der Waals surface area (Å²) in [4.78, 5) is 32.2. The van der Waals surface area contributed by atoms with Gasteiger partial charge < -0.3 is 4.74 Å². The van der Waals surface area contributed by atoms with E-state index in [0.717, 1.165) is 11.1 Å². The highest BCUT2D eigenvalue weighted by atomic mass is 35.5. The fourth-order valence-corrected chi connectivity index (χ4v) is 3.97. The maximum atomic E-state index is 14.0. The number of halogens is 2. The Morgan fingerprint density at radius 3 is 2.47 bits per heavy atom. The van der Waals surface area contributed by atoms with Gasteiger partial charge in [0.15, 0.2) is 12.0 Å². The number of pyridine rings is 1. The lowest BCUT2D eigenvalue weighted by atomic mass is 10.1. The van der Waals surface area contributed by atoms with Crippen LogP contribution in [0.15, 0.2) is 78.8 Å². The van der Waals surface area contributed by atoms with Crippen molar-refractivity contribution in [2.24, 2.45) is 0 Å². The largest absolute Gasteiger partial charge is 0.437 e. The molecule has 0 saturated carbocycles. The summed E-state index contributed by atoms with van der Waals surface area (Å²) < 4.78 is 5.33. The van der Waals surface area contributed by atoms with Crippen molar-refractivity contribution in [3.05, 3.63) is 106 Å². The summed E-state index contributed by atoms with van der Waals surface area (Å²) in [5.74, 6) is 0.0432. The summed E-state index contributed by atoms with van der Waals surface area (Å²) in [5.41, 5.74) is 2.52. The molecule has 1 aliphatic rings. The van der Waals surface area contributed by atoms with Crippen molar-refractivity contribution in [2.75, 3.05) is 5.88 Å². The molecule has 0 fully saturated rings. The molecule has 2 heterocycles. The number of aromatic nitrogens is 1. The Morgan fingerprint density at radius 2 is 1.78 bits per heavy atom. The number of fused-ring (bicyclic) bond motifs is 1. The molecule has 4 rings (SSSR count). The van der Waals surface area contributed by atoms with Crippen molar-refractivity contribution in [3.8, 4) is 5.88 Å². The smallest absolute Gasteiger partial charge is 0.364 e. The van der Waals surface area contributed by atoms with Gasteiger partial charge in [0.25, 0.3) is 0 Å². The standard InChI is InChI=1S/C25H21Cl2N2O3/c1-17-4-6-18(7-5-17)15-29(24(30)19-8-10-20(27)11-9-19)16-21(12-13-26)32-23-22(25(29)31)3-2-14-28-23/h2-11,14,16H,12-13,15H2,1H3/q+1. The fourth-order valence-electron chi connectivity index (χ4n) is 3.66. The number of amides is 2. The summed E-state index contributed by atoms with van der Waals surface area (Å²) in [6.45, 7) is 2.10. The first-order valence-corrected chi connectivity index (χ1v) is 11.0. The summed E-state index contributed by atoms with van der Waals surface area (Å²) in [6, 6.07) is 17.5. The van der Waals surface area contributed by atoms with E-state index >= 15 is 0 Å². The number of carbonyl (C=O) groups excluding carboxylic acids is 2. The molecule has 0 saturated heterocycles. The van der Waals surface area contributed by atoms with E-state index < -0.39 is 10.4 Å². The van der Waals surface area contributed by atoms with E-state index in [1.54, 1.807) is 48.8 Å². The normalized spacial score (nSPS) is 17.7. The molecule has 3 aromatic rings. The van der Waals surface area contributed by atoms with E-state index in [1.165, 1.54) is 0 Å². The monoisotopic (exact) mass is 467 g/mol. The summed E-state index contributed by atoms with van der Waals surface area (Å²) >= 11 is 12.0. The Morgan fingerprint density at radius 1 is 1.06 bits per heavy atom. The maximum absolute atomic E-state index is 14.0. The van der Waals surface area contributed by atoms with Crippen LogP contribution in [-0.2, 0) is 6.54 Å². The van der Waals surface area contributed by atoms with Crippen LogP contribution in [0.4, 0.5) is 0 Å². The molecule has 32 heavy (non-hydrogen) atoms. The first-order chi connectivity index (χ1) is 15.4. The van der Waals surface area contributed by atoms with Gasteiger partial charge in [0.05, 0.1) is 5.56 Å². The van der Waals surface area contributed by atoms with Gasteiger partial charge >= 0.3 is 11.8 Å². The van der Waals surface area contributed by atoms with Crippen LogP contribution < -0.4 is 4.74 Å². The van der Waals surface area contributed by atoms with Gasteiger partial charge in [0, 0.05) is 29.1 Å². The Labute approximate surface area is 196 Å². The lowest BCUT2D eigenvalue weighted by Gasteiger charge is -2.29. The number of imide groups is 1. The van der Waals surface area contributed by atoms with Crippen LogP contribution in [-0.4, -0.2) is 27.2 Å². The van der Waals surface area contributed by atoms with Crippen LogP contribution in [0.2, 0.25) is 5.02 Å². The third-order valence-corrected chi connectivity index (χ3v) is 5.74. The van der Waals surface area contributed by atoms with Crippen molar-refractivity contribution in [1.29, 1.82) is 0 Å². The van der Waals surface area contributed by atoms with Crippen molar-refractivity contribution in [1.82, 2.24) is 4.98 Å². The highest BCUT2D eigenvalue weighted by Crippen LogP contribution is 2.33. The molecule has 1 aromatic heterocycles. The lowest BCUT2D eigenvalue weighted by molar-refractivity contribution is -0.725. The molecule has 1 aliphatic heterocycles. The predicted octanol–water partition coefficient (Wildman–Crippen LogP) is 5.90. The molecule has 2 amide bonds. The first kappa shape index (κ1) is 22.2. The molecular weight excluding hydrogens is 447 g/mol. The molecule has 0 N–H and O–H groups in total. The molecule has 7 heteroatoms. The Balaban J connectivity index is 1.94. The minimum Gasteiger partial charge on any atom is -0.437 e. The van der Waals surface area contributed by atoms with Gasteiger partial charge in [-0.2, -0.15) is 4.48 Å². The fraction of sp³-hybridized carbons (Fsp3) is 0.160. The Kier molecular flexibility index (Phi) is 6.42. The van der Waals surface area contributed by atoms with Gasteiger partial charge in [-0.05, 0) is 43.3 Å². The zero-order chi connectivity index (χ0) is 22.7. The summed E-state index contributed by atoms with van der Waals surface area (Å²) in [5, 5.41) is 0.505. The van der Waals surface area contributed by atoms with Crippen molar-refractivity contribution >= 4 is 35.0 Å². The molecule has 162 valence electrons. The number of ether oxygens (including phenoxy) is 1. The van der Waals surface area contributed by atoms with Gasteiger partial charge in [0.2, 0.25) is 5.88 Å². The second kappa shape index (κ2) is 9.25. The molecule has 1 unspecified atom stereocenters. The second-order valence-electron chi connectivity index (χ2n) is 7.62. The average molecular weight is 468 g/mol.